The summed E-state index contributed by atoms with van der Waals surface area (Å²) in [6.07, 6.45) is 3.82. The molecule has 2 N–H and O–H groups in total. The van der Waals surface area contributed by atoms with Gasteiger partial charge in [0.25, 0.3) is 0 Å². The first-order chi connectivity index (χ1) is 14.5. The summed E-state index contributed by atoms with van der Waals surface area (Å²) in [4.78, 5) is 38.1. The lowest BCUT2D eigenvalue weighted by Crippen LogP contribution is -2.50. The molecule has 7 nitrogen and oxygen atoms in total. The number of hydrogen-bond acceptors (Lipinski definition) is 6. The van der Waals surface area contributed by atoms with Gasteiger partial charge in [0.15, 0.2) is 0 Å². The molecule has 1 heterocycles. The van der Waals surface area contributed by atoms with Gasteiger partial charge in [0, 0.05) is 11.1 Å². The Morgan fingerprint density at radius 1 is 1.27 bits per heavy atom. The molecule has 0 aromatic heterocycles. The van der Waals surface area contributed by atoms with Crippen LogP contribution in [0.15, 0.2) is 40.9 Å². The fourth-order valence-corrected chi connectivity index (χ4v) is 5.19. The monoisotopic (exact) mass is 427 g/mol. The highest BCUT2D eigenvalue weighted by Crippen LogP contribution is 2.52. The van der Waals surface area contributed by atoms with Crippen molar-refractivity contribution in [2.45, 2.75) is 39.0 Å². The first-order valence-corrected chi connectivity index (χ1v) is 11.1. The summed E-state index contributed by atoms with van der Waals surface area (Å²) in [6.45, 7) is 1.91. The summed E-state index contributed by atoms with van der Waals surface area (Å²) in [7, 11) is 0. The fourth-order valence-electron chi connectivity index (χ4n) is 4.24. The zero-order valence-electron chi connectivity index (χ0n) is 16.9. The smallest absolute Gasteiger partial charge is 0.337 e. The molecule has 0 saturated heterocycles. The number of para-hydroxylation sites is 1. The van der Waals surface area contributed by atoms with Crippen molar-refractivity contribution in [2.75, 3.05) is 17.7 Å². The second-order valence-electron chi connectivity index (χ2n) is 7.40. The molecule has 1 aliphatic carbocycles. The minimum atomic E-state index is -0.945. The standard InChI is InChI=1S/C22H25N3O4S/c1-2-29-21(28)18-20(30-14-17(26)24-15-9-5-3-6-10-15)25-19(27)16(13-23)22(18)11-7-4-8-12-22/h3,5-6,9-10,16H,2,4,7-8,11-12,14H2,1H3,(H,24,26)(H,25,27)/t16-/m1/s1. The van der Waals surface area contributed by atoms with E-state index in [1.54, 1.807) is 19.1 Å². The predicted molar refractivity (Wildman–Crippen MR) is 114 cm³/mol. The highest BCUT2D eigenvalue weighted by Gasteiger charge is 2.53. The molecule has 8 heteroatoms. The van der Waals surface area contributed by atoms with Crippen molar-refractivity contribution in [2.24, 2.45) is 11.3 Å². The van der Waals surface area contributed by atoms with E-state index < -0.39 is 23.2 Å². The fraction of sp³-hybridized carbons (Fsp3) is 0.455. The van der Waals surface area contributed by atoms with Crippen molar-refractivity contribution in [1.29, 1.82) is 5.26 Å². The van der Waals surface area contributed by atoms with Crippen LogP contribution in [0, 0.1) is 22.7 Å². The Kier molecular flexibility index (Phi) is 7.16. The van der Waals surface area contributed by atoms with Gasteiger partial charge < -0.3 is 15.4 Å². The van der Waals surface area contributed by atoms with Crippen LogP contribution in [-0.2, 0) is 19.1 Å². The van der Waals surface area contributed by atoms with Crippen LogP contribution < -0.4 is 10.6 Å². The predicted octanol–water partition coefficient (Wildman–Crippen LogP) is 3.35. The Hall–Kier alpha value is -2.79. The molecule has 1 aromatic carbocycles. The summed E-state index contributed by atoms with van der Waals surface area (Å²) in [5.74, 6) is -2.12. The number of benzene rings is 1. The number of esters is 1. The van der Waals surface area contributed by atoms with Gasteiger partial charge in [0.1, 0.15) is 5.92 Å². The van der Waals surface area contributed by atoms with E-state index in [2.05, 4.69) is 16.7 Å². The number of nitrogens with zero attached hydrogens (tertiary/aromatic N) is 1. The molecule has 1 aliphatic heterocycles. The number of amides is 2. The number of nitrogens with one attached hydrogen (secondary N) is 2. The summed E-state index contributed by atoms with van der Waals surface area (Å²) in [5, 5.41) is 15.5. The van der Waals surface area contributed by atoms with Crippen molar-refractivity contribution in [3.8, 4) is 6.07 Å². The summed E-state index contributed by atoms with van der Waals surface area (Å²) >= 11 is 1.10. The van der Waals surface area contributed by atoms with Gasteiger partial charge >= 0.3 is 5.97 Å². The first kappa shape index (κ1) is 21.9. The highest BCUT2D eigenvalue weighted by atomic mass is 32.2. The zero-order chi connectivity index (χ0) is 21.6. The third kappa shape index (κ3) is 4.51. The lowest BCUT2D eigenvalue weighted by Gasteiger charge is -2.44. The Bertz CT molecular complexity index is 885. The number of carbonyl (C=O) groups is 3. The van der Waals surface area contributed by atoms with Gasteiger partial charge in [-0.1, -0.05) is 49.2 Å². The summed E-state index contributed by atoms with van der Waals surface area (Å²) in [6, 6.07) is 11.2. The van der Waals surface area contributed by atoms with Crippen molar-refractivity contribution in [3.05, 3.63) is 40.9 Å². The van der Waals surface area contributed by atoms with Crippen molar-refractivity contribution in [1.82, 2.24) is 5.32 Å². The van der Waals surface area contributed by atoms with Gasteiger partial charge in [-0.15, -0.1) is 0 Å². The quantitative estimate of drug-likeness (QED) is 0.674. The molecule has 30 heavy (non-hydrogen) atoms. The Morgan fingerprint density at radius 3 is 2.60 bits per heavy atom. The van der Waals surface area contributed by atoms with Crippen molar-refractivity contribution < 1.29 is 19.1 Å². The van der Waals surface area contributed by atoms with Crippen LogP contribution in [0.1, 0.15) is 39.0 Å². The van der Waals surface area contributed by atoms with E-state index in [4.69, 9.17) is 4.74 Å². The second-order valence-corrected chi connectivity index (χ2v) is 8.38. The van der Waals surface area contributed by atoms with E-state index in [-0.39, 0.29) is 18.3 Å². The summed E-state index contributed by atoms with van der Waals surface area (Å²) in [5.41, 5.74) is 0.149. The SMILES string of the molecule is CCOC(=O)C1=C(SCC(=O)Nc2ccccc2)NC(=O)[C@@H](C#N)C12CCCCC2. The molecule has 2 aliphatic rings. The number of carbonyl (C=O) groups excluding carboxylic acids is 3. The topological polar surface area (TPSA) is 108 Å². The third-order valence-electron chi connectivity index (χ3n) is 5.54. The molecular weight excluding hydrogens is 402 g/mol. The second kappa shape index (κ2) is 9.81. The maximum atomic E-state index is 12.9. The number of rotatable bonds is 6. The van der Waals surface area contributed by atoms with Gasteiger partial charge in [0.2, 0.25) is 11.8 Å². The van der Waals surface area contributed by atoms with Crippen LogP contribution in [0.3, 0.4) is 0 Å². The van der Waals surface area contributed by atoms with E-state index in [1.165, 1.54) is 0 Å². The molecule has 158 valence electrons. The van der Waals surface area contributed by atoms with Crippen LogP contribution in [0.25, 0.3) is 0 Å². The van der Waals surface area contributed by atoms with Crippen LogP contribution in [0.4, 0.5) is 5.69 Å². The van der Waals surface area contributed by atoms with Gasteiger partial charge in [-0.3, -0.25) is 9.59 Å². The van der Waals surface area contributed by atoms with E-state index in [1.807, 2.05) is 18.2 Å². The maximum Gasteiger partial charge on any atom is 0.337 e. The lowest BCUT2D eigenvalue weighted by molar-refractivity contribution is -0.142. The Labute approximate surface area is 180 Å². The van der Waals surface area contributed by atoms with Gasteiger partial charge in [-0.25, -0.2) is 4.79 Å². The molecule has 0 bridgehead atoms. The molecule has 1 atom stereocenters. The van der Waals surface area contributed by atoms with Gasteiger partial charge in [-0.05, 0) is 31.9 Å². The minimum Gasteiger partial charge on any atom is -0.463 e. The third-order valence-corrected chi connectivity index (χ3v) is 6.54. The van der Waals surface area contributed by atoms with Crippen molar-refractivity contribution >= 4 is 35.2 Å². The van der Waals surface area contributed by atoms with E-state index in [9.17, 15) is 19.6 Å². The average molecular weight is 428 g/mol. The molecule has 1 fully saturated rings. The van der Waals surface area contributed by atoms with Gasteiger partial charge in [-0.2, -0.15) is 5.26 Å². The largest absolute Gasteiger partial charge is 0.463 e. The molecule has 3 rings (SSSR count). The number of hydrogen-bond donors (Lipinski definition) is 2. The minimum absolute atomic E-state index is 0.0146. The number of ether oxygens (including phenoxy) is 1. The van der Waals surface area contributed by atoms with E-state index in [0.717, 1.165) is 31.0 Å². The first-order valence-electron chi connectivity index (χ1n) is 10.1. The normalized spacial score (nSPS) is 20.3. The van der Waals surface area contributed by atoms with E-state index >= 15 is 0 Å². The average Bonchev–Trinajstić information content (AvgIpc) is 2.74. The molecule has 1 spiro atoms. The van der Waals surface area contributed by atoms with Crippen LogP contribution in [0.2, 0.25) is 0 Å². The highest BCUT2D eigenvalue weighted by molar-refractivity contribution is 8.03. The lowest BCUT2D eigenvalue weighted by atomic mass is 9.60. The molecule has 0 radical (unpaired) electrons. The number of thioether (sulfide) groups is 1. The Morgan fingerprint density at radius 2 is 1.97 bits per heavy atom. The summed E-state index contributed by atoms with van der Waals surface area (Å²) < 4.78 is 5.30. The Balaban J connectivity index is 1.90. The molecule has 1 saturated carbocycles. The van der Waals surface area contributed by atoms with Crippen LogP contribution >= 0.6 is 11.8 Å². The van der Waals surface area contributed by atoms with Crippen molar-refractivity contribution in [3.63, 3.8) is 0 Å². The van der Waals surface area contributed by atoms with Crippen LogP contribution in [0.5, 0.6) is 0 Å². The maximum absolute atomic E-state index is 12.9. The molecule has 2 amide bonds. The van der Waals surface area contributed by atoms with Crippen LogP contribution in [-0.4, -0.2) is 30.1 Å². The zero-order valence-corrected chi connectivity index (χ0v) is 17.7. The van der Waals surface area contributed by atoms with Gasteiger partial charge in [0.05, 0.1) is 29.0 Å². The number of nitriles is 1. The number of anilines is 1. The molecular formula is C22H25N3O4S. The molecule has 0 unspecified atom stereocenters. The van der Waals surface area contributed by atoms with E-state index in [0.29, 0.717) is 29.1 Å². The molecule has 1 aromatic rings.